The van der Waals surface area contributed by atoms with Crippen LogP contribution in [0.3, 0.4) is 0 Å². The number of nitrogens with one attached hydrogen (secondary N) is 1. The minimum Gasteiger partial charge on any atom is -0.465 e. The molecule has 0 aromatic carbocycles. The van der Waals surface area contributed by atoms with Crippen LogP contribution in [-0.4, -0.2) is 58.7 Å². The van der Waals surface area contributed by atoms with Crippen molar-refractivity contribution in [1.29, 1.82) is 0 Å². The normalized spacial score (nSPS) is 25.7. The topological polar surface area (TPSA) is 75.9 Å². The number of fused-ring (bicyclic) bond motifs is 2. The number of hydrogen-bond donors (Lipinski definition) is 1. The number of aromatic nitrogens is 2. The molecule has 0 saturated carbocycles. The molecule has 4 rings (SSSR count). The molecule has 2 aliphatic rings. The van der Waals surface area contributed by atoms with Gasteiger partial charge in [0.2, 0.25) is 0 Å². The van der Waals surface area contributed by atoms with E-state index >= 15 is 0 Å². The molecular formula is C19H24N4O3. The van der Waals surface area contributed by atoms with Crippen molar-refractivity contribution in [3.05, 3.63) is 36.2 Å². The lowest BCUT2D eigenvalue weighted by Gasteiger charge is -2.49. The maximum absolute atomic E-state index is 13.2. The summed E-state index contributed by atoms with van der Waals surface area (Å²) in [6.45, 7) is 4.11. The van der Waals surface area contributed by atoms with Gasteiger partial charge in [-0.3, -0.25) is 9.59 Å². The summed E-state index contributed by atoms with van der Waals surface area (Å²) < 4.78 is 7.09. The molecule has 26 heavy (non-hydrogen) atoms. The Kier molecular flexibility index (Phi) is 4.40. The van der Waals surface area contributed by atoms with Gasteiger partial charge in [-0.1, -0.05) is 6.07 Å². The summed E-state index contributed by atoms with van der Waals surface area (Å²) in [5.74, 6) is -0.256. The third-order valence-electron chi connectivity index (χ3n) is 5.64. The van der Waals surface area contributed by atoms with Gasteiger partial charge in [0.25, 0.3) is 5.91 Å². The molecule has 7 heteroatoms. The van der Waals surface area contributed by atoms with Gasteiger partial charge in [-0.2, -0.15) is 5.10 Å². The van der Waals surface area contributed by atoms with E-state index in [4.69, 9.17) is 4.74 Å². The predicted molar refractivity (Wildman–Crippen MR) is 95.8 cm³/mol. The summed E-state index contributed by atoms with van der Waals surface area (Å²) in [5, 5.41) is 7.73. The van der Waals surface area contributed by atoms with Crippen LogP contribution in [0.1, 0.15) is 36.5 Å². The Labute approximate surface area is 152 Å². The van der Waals surface area contributed by atoms with Crippen molar-refractivity contribution in [2.45, 2.75) is 32.2 Å². The summed E-state index contributed by atoms with van der Waals surface area (Å²) in [5.41, 5.74) is 0.712. The van der Waals surface area contributed by atoms with E-state index in [1.165, 1.54) is 0 Å². The van der Waals surface area contributed by atoms with Gasteiger partial charge < -0.3 is 15.0 Å². The Morgan fingerprint density at radius 3 is 3.15 bits per heavy atom. The number of esters is 1. The second-order valence-electron chi connectivity index (χ2n) is 7.09. The fourth-order valence-corrected chi connectivity index (χ4v) is 4.35. The Bertz CT molecular complexity index is 833. The second kappa shape index (κ2) is 6.72. The molecule has 1 N–H and O–H groups in total. The van der Waals surface area contributed by atoms with Crippen LogP contribution < -0.4 is 5.32 Å². The molecule has 2 aliphatic heterocycles. The fourth-order valence-electron chi connectivity index (χ4n) is 4.35. The number of carbonyl (C=O) groups is 2. The fraction of sp³-hybridized carbons (Fsp3) is 0.526. The van der Waals surface area contributed by atoms with Crippen LogP contribution in [0.25, 0.3) is 5.52 Å². The molecule has 0 unspecified atom stereocenters. The van der Waals surface area contributed by atoms with Gasteiger partial charge in [0.1, 0.15) is 5.41 Å². The number of pyridine rings is 1. The lowest BCUT2D eigenvalue weighted by Crippen LogP contribution is -2.64. The zero-order chi connectivity index (χ0) is 18.1. The van der Waals surface area contributed by atoms with E-state index in [2.05, 4.69) is 10.4 Å². The van der Waals surface area contributed by atoms with Crippen LogP contribution in [0.2, 0.25) is 0 Å². The molecule has 2 aromatic heterocycles. The van der Waals surface area contributed by atoms with Gasteiger partial charge in [-0.15, -0.1) is 0 Å². The lowest BCUT2D eigenvalue weighted by molar-refractivity contribution is -0.162. The Hall–Kier alpha value is -2.41. The van der Waals surface area contributed by atoms with Crippen LogP contribution >= 0.6 is 0 Å². The smallest absolute Gasteiger partial charge is 0.315 e. The molecule has 0 aliphatic carbocycles. The molecule has 2 atom stereocenters. The molecule has 138 valence electrons. The van der Waals surface area contributed by atoms with E-state index in [-0.39, 0.29) is 17.9 Å². The molecule has 2 aromatic rings. The first-order chi connectivity index (χ1) is 12.7. The Morgan fingerprint density at radius 1 is 1.42 bits per heavy atom. The number of nitrogens with zero attached hydrogens (tertiary/aromatic N) is 3. The first-order valence-electron chi connectivity index (χ1n) is 9.28. The predicted octanol–water partition coefficient (Wildman–Crippen LogP) is 1.48. The van der Waals surface area contributed by atoms with Gasteiger partial charge in [0.15, 0.2) is 0 Å². The number of amides is 1. The molecule has 0 radical (unpaired) electrons. The molecule has 4 heterocycles. The van der Waals surface area contributed by atoms with Crippen molar-refractivity contribution < 1.29 is 14.3 Å². The summed E-state index contributed by atoms with van der Waals surface area (Å²) in [6.07, 6.45) is 5.85. The third-order valence-corrected chi connectivity index (χ3v) is 5.64. The summed E-state index contributed by atoms with van der Waals surface area (Å²) in [6, 6.07) is 5.73. The average Bonchev–Trinajstić information content (AvgIpc) is 3.11. The second-order valence-corrected chi connectivity index (χ2v) is 7.09. The molecule has 2 saturated heterocycles. The number of likely N-dealkylation sites (tertiary alicyclic amines) is 1. The molecule has 0 bridgehead atoms. The van der Waals surface area contributed by atoms with Gasteiger partial charge in [0.05, 0.1) is 23.9 Å². The van der Waals surface area contributed by atoms with Crippen LogP contribution in [0, 0.1) is 5.41 Å². The van der Waals surface area contributed by atoms with E-state index in [1.54, 1.807) is 15.6 Å². The van der Waals surface area contributed by atoms with Gasteiger partial charge >= 0.3 is 5.97 Å². The minimum absolute atomic E-state index is 0.0705. The third kappa shape index (κ3) is 2.67. The average molecular weight is 356 g/mol. The largest absolute Gasteiger partial charge is 0.465 e. The SMILES string of the molecule is CCOC(=O)[C@]12CCCN[C@@H]1CCN(C(=O)c1cnn3ccccc13)C2. The minimum atomic E-state index is -0.648. The number of piperidine rings is 2. The lowest BCUT2D eigenvalue weighted by atomic mass is 9.70. The summed E-state index contributed by atoms with van der Waals surface area (Å²) >= 11 is 0. The molecule has 2 fully saturated rings. The van der Waals surface area contributed by atoms with Crippen LogP contribution in [-0.2, 0) is 9.53 Å². The highest BCUT2D eigenvalue weighted by molar-refractivity contribution is 6.01. The zero-order valence-electron chi connectivity index (χ0n) is 15.0. The van der Waals surface area contributed by atoms with E-state index < -0.39 is 5.41 Å². The number of hydrogen-bond acceptors (Lipinski definition) is 5. The number of ether oxygens (including phenoxy) is 1. The Morgan fingerprint density at radius 2 is 2.31 bits per heavy atom. The first kappa shape index (κ1) is 17.0. The van der Waals surface area contributed by atoms with E-state index in [0.717, 1.165) is 31.3 Å². The summed E-state index contributed by atoms with van der Waals surface area (Å²) in [7, 11) is 0. The number of carbonyl (C=O) groups excluding carboxylic acids is 2. The molecule has 0 spiro atoms. The van der Waals surface area contributed by atoms with Gasteiger partial charge in [-0.25, -0.2) is 4.52 Å². The van der Waals surface area contributed by atoms with Crippen LogP contribution in [0.15, 0.2) is 30.6 Å². The van der Waals surface area contributed by atoms with Crippen molar-refractivity contribution >= 4 is 17.4 Å². The van der Waals surface area contributed by atoms with E-state index in [9.17, 15) is 9.59 Å². The molecular weight excluding hydrogens is 332 g/mol. The number of rotatable bonds is 3. The monoisotopic (exact) mass is 356 g/mol. The van der Waals surface area contributed by atoms with Gasteiger partial charge in [0, 0.05) is 25.3 Å². The first-order valence-corrected chi connectivity index (χ1v) is 9.28. The molecule has 1 amide bonds. The Balaban J connectivity index is 1.63. The van der Waals surface area contributed by atoms with Crippen molar-refractivity contribution in [2.75, 3.05) is 26.2 Å². The highest BCUT2D eigenvalue weighted by atomic mass is 16.5. The van der Waals surface area contributed by atoms with Crippen molar-refractivity contribution in [1.82, 2.24) is 19.8 Å². The van der Waals surface area contributed by atoms with E-state index in [0.29, 0.717) is 25.3 Å². The van der Waals surface area contributed by atoms with Crippen molar-refractivity contribution in [3.8, 4) is 0 Å². The quantitative estimate of drug-likeness (QED) is 0.843. The van der Waals surface area contributed by atoms with Crippen molar-refractivity contribution in [3.63, 3.8) is 0 Å². The summed E-state index contributed by atoms with van der Waals surface area (Å²) in [4.78, 5) is 27.8. The van der Waals surface area contributed by atoms with Crippen LogP contribution in [0.4, 0.5) is 0 Å². The maximum atomic E-state index is 13.2. The van der Waals surface area contributed by atoms with E-state index in [1.807, 2.05) is 31.3 Å². The standard InChI is InChI=1S/C19H24N4O3/c1-2-26-18(25)19-8-5-9-20-16(19)7-11-22(13-19)17(24)14-12-21-23-10-4-3-6-15(14)23/h3-4,6,10,12,16,20H,2,5,7-9,11,13H2,1H3/t16-,19+/m1/s1. The van der Waals surface area contributed by atoms with Crippen LogP contribution in [0.5, 0.6) is 0 Å². The molecule has 7 nitrogen and oxygen atoms in total. The van der Waals surface area contributed by atoms with Crippen molar-refractivity contribution in [2.24, 2.45) is 5.41 Å². The maximum Gasteiger partial charge on any atom is 0.315 e. The highest BCUT2D eigenvalue weighted by Gasteiger charge is 2.52. The highest BCUT2D eigenvalue weighted by Crippen LogP contribution is 2.39. The van der Waals surface area contributed by atoms with Gasteiger partial charge in [-0.05, 0) is 44.9 Å². The zero-order valence-corrected chi connectivity index (χ0v) is 15.0.